The SMILES string of the molecule is COCCCCNCC1CCS(=O)(=O)C1. The molecule has 1 rings (SSSR count). The number of unbranched alkanes of at least 4 members (excludes halogenated alkanes) is 1. The molecular formula is C10H21NO3S. The second-order valence-corrected chi connectivity index (χ2v) is 6.40. The molecule has 0 aliphatic carbocycles. The van der Waals surface area contributed by atoms with E-state index in [0.29, 0.717) is 17.4 Å². The van der Waals surface area contributed by atoms with Crippen molar-refractivity contribution in [2.24, 2.45) is 5.92 Å². The van der Waals surface area contributed by atoms with Gasteiger partial charge in [0.15, 0.2) is 9.84 Å². The third-order valence-corrected chi connectivity index (χ3v) is 4.55. The molecule has 5 heteroatoms. The topological polar surface area (TPSA) is 55.4 Å². The van der Waals surface area contributed by atoms with Gasteiger partial charge in [0.05, 0.1) is 11.5 Å². The van der Waals surface area contributed by atoms with Gasteiger partial charge in [0, 0.05) is 13.7 Å². The van der Waals surface area contributed by atoms with E-state index in [-0.39, 0.29) is 0 Å². The van der Waals surface area contributed by atoms with Crippen molar-refractivity contribution in [2.75, 3.05) is 38.3 Å². The number of methoxy groups -OCH3 is 1. The van der Waals surface area contributed by atoms with Crippen molar-refractivity contribution in [3.63, 3.8) is 0 Å². The van der Waals surface area contributed by atoms with Crippen LogP contribution < -0.4 is 5.32 Å². The van der Waals surface area contributed by atoms with E-state index in [4.69, 9.17) is 4.74 Å². The highest BCUT2D eigenvalue weighted by Gasteiger charge is 2.27. The van der Waals surface area contributed by atoms with Crippen molar-refractivity contribution < 1.29 is 13.2 Å². The van der Waals surface area contributed by atoms with E-state index in [1.165, 1.54) is 0 Å². The van der Waals surface area contributed by atoms with E-state index in [9.17, 15) is 8.42 Å². The molecule has 1 unspecified atom stereocenters. The summed E-state index contributed by atoms with van der Waals surface area (Å²) >= 11 is 0. The molecule has 1 heterocycles. The maximum atomic E-state index is 11.2. The molecule has 0 aromatic heterocycles. The average Bonchev–Trinajstić information content (AvgIpc) is 2.52. The normalized spacial score (nSPS) is 24.5. The Bertz CT molecular complexity index is 264. The number of hydrogen-bond donors (Lipinski definition) is 1. The second-order valence-electron chi connectivity index (χ2n) is 4.17. The molecule has 90 valence electrons. The average molecular weight is 235 g/mol. The summed E-state index contributed by atoms with van der Waals surface area (Å²) in [6.07, 6.45) is 2.98. The highest BCUT2D eigenvalue weighted by Crippen LogP contribution is 2.17. The molecule has 0 radical (unpaired) electrons. The Morgan fingerprint density at radius 3 is 2.80 bits per heavy atom. The number of rotatable bonds is 7. The lowest BCUT2D eigenvalue weighted by atomic mass is 10.1. The third kappa shape index (κ3) is 5.49. The zero-order valence-corrected chi connectivity index (χ0v) is 10.2. The third-order valence-electron chi connectivity index (χ3n) is 2.71. The first-order valence-electron chi connectivity index (χ1n) is 5.54. The highest BCUT2D eigenvalue weighted by molar-refractivity contribution is 7.91. The minimum Gasteiger partial charge on any atom is -0.385 e. The Morgan fingerprint density at radius 2 is 2.20 bits per heavy atom. The summed E-state index contributed by atoms with van der Waals surface area (Å²) in [4.78, 5) is 0. The van der Waals surface area contributed by atoms with Crippen molar-refractivity contribution >= 4 is 9.84 Å². The van der Waals surface area contributed by atoms with Gasteiger partial charge in [-0.25, -0.2) is 8.42 Å². The van der Waals surface area contributed by atoms with E-state index >= 15 is 0 Å². The Kier molecular flexibility index (Phi) is 5.56. The van der Waals surface area contributed by atoms with E-state index in [2.05, 4.69) is 5.32 Å². The van der Waals surface area contributed by atoms with Crippen LogP contribution in [0.1, 0.15) is 19.3 Å². The van der Waals surface area contributed by atoms with Crippen LogP contribution in [0.4, 0.5) is 0 Å². The van der Waals surface area contributed by atoms with Crippen molar-refractivity contribution in [1.29, 1.82) is 0 Å². The molecule has 1 N–H and O–H groups in total. The molecule has 0 amide bonds. The standard InChI is InChI=1S/C10H21NO3S/c1-14-6-3-2-5-11-8-10-4-7-15(12,13)9-10/h10-11H,2-9H2,1H3. The van der Waals surface area contributed by atoms with Gasteiger partial charge in [-0.1, -0.05) is 0 Å². The summed E-state index contributed by atoms with van der Waals surface area (Å²) in [6.45, 7) is 2.60. The molecule has 4 nitrogen and oxygen atoms in total. The molecule has 1 atom stereocenters. The lowest BCUT2D eigenvalue weighted by Gasteiger charge is -2.08. The number of sulfone groups is 1. The molecular weight excluding hydrogens is 214 g/mol. The van der Waals surface area contributed by atoms with Gasteiger partial charge < -0.3 is 10.1 Å². The van der Waals surface area contributed by atoms with Crippen molar-refractivity contribution in [2.45, 2.75) is 19.3 Å². The Hall–Kier alpha value is -0.130. The van der Waals surface area contributed by atoms with Gasteiger partial charge in [0.2, 0.25) is 0 Å². The van der Waals surface area contributed by atoms with E-state index in [1.54, 1.807) is 7.11 Å². The first-order valence-corrected chi connectivity index (χ1v) is 7.36. The Labute approximate surface area is 92.3 Å². The van der Waals surface area contributed by atoms with Crippen molar-refractivity contribution in [3.05, 3.63) is 0 Å². The van der Waals surface area contributed by atoms with Crippen molar-refractivity contribution in [1.82, 2.24) is 5.32 Å². The maximum absolute atomic E-state index is 11.2. The Morgan fingerprint density at radius 1 is 1.40 bits per heavy atom. The minimum atomic E-state index is -2.71. The van der Waals surface area contributed by atoms with Crippen LogP contribution in [0.15, 0.2) is 0 Å². The van der Waals surface area contributed by atoms with Crippen LogP contribution in [0.2, 0.25) is 0 Å². The van der Waals surface area contributed by atoms with Crippen LogP contribution in [0, 0.1) is 5.92 Å². The Balaban J connectivity index is 1.97. The maximum Gasteiger partial charge on any atom is 0.150 e. The predicted molar refractivity (Wildman–Crippen MR) is 60.7 cm³/mol. The molecule has 0 bridgehead atoms. The fraction of sp³-hybridized carbons (Fsp3) is 1.00. The molecule has 15 heavy (non-hydrogen) atoms. The predicted octanol–water partition coefficient (Wildman–Crippen LogP) is 0.437. The zero-order chi connectivity index (χ0) is 11.1. The zero-order valence-electron chi connectivity index (χ0n) is 9.37. The molecule has 1 saturated heterocycles. The van der Waals surface area contributed by atoms with Gasteiger partial charge >= 0.3 is 0 Å². The molecule has 0 saturated carbocycles. The van der Waals surface area contributed by atoms with Crippen LogP contribution in [0.25, 0.3) is 0 Å². The van der Waals surface area contributed by atoms with Crippen LogP contribution in [-0.2, 0) is 14.6 Å². The van der Waals surface area contributed by atoms with Gasteiger partial charge in [-0.15, -0.1) is 0 Å². The first kappa shape index (κ1) is 12.9. The molecule has 1 aliphatic rings. The fourth-order valence-corrected chi connectivity index (χ4v) is 3.70. The molecule has 1 aliphatic heterocycles. The molecule has 0 aromatic carbocycles. The smallest absolute Gasteiger partial charge is 0.150 e. The first-order chi connectivity index (χ1) is 7.14. The fourth-order valence-electron chi connectivity index (χ4n) is 1.84. The van der Waals surface area contributed by atoms with Crippen LogP contribution in [0.3, 0.4) is 0 Å². The monoisotopic (exact) mass is 235 g/mol. The van der Waals surface area contributed by atoms with Crippen molar-refractivity contribution in [3.8, 4) is 0 Å². The molecule has 0 aromatic rings. The summed E-state index contributed by atoms with van der Waals surface area (Å²) in [5, 5.41) is 3.30. The van der Waals surface area contributed by atoms with Gasteiger partial charge in [-0.3, -0.25) is 0 Å². The number of ether oxygens (including phenoxy) is 1. The van der Waals surface area contributed by atoms with Gasteiger partial charge in [0.1, 0.15) is 0 Å². The summed E-state index contributed by atoms with van der Waals surface area (Å²) < 4.78 is 27.3. The lowest BCUT2D eigenvalue weighted by molar-refractivity contribution is 0.192. The van der Waals surface area contributed by atoms with E-state index in [1.807, 2.05) is 0 Å². The summed E-state index contributed by atoms with van der Waals surface area (Å²) in [5.74, 6) is 1.08. The van der Waals surface area contributed by atoms with Crippen LogP contribution in [0.5, 0.6) is 0 Å². The highest BCUT2D eigenvalue weighted by atomic mass is 32.2. The summed E-state index contributed by atoms with van der Waals surface area (Å²) in [6, 6.07) is 0. The minimum absolute atomic E-state index is 0.331. The molecule has 0 spiro atoms. The van der Waals surface area contributed by atoms with Gasteiger partial charge in [-0.2, -0.15) is 0 Å². The largest absolute Gasteiger partial charge is 0.385 e. The van der Waals surface area contributed by atoms with Crippen LogP contribution >= 0.6 is 0 Å². The van der Waals surface area contributed by atoms with Gasteiger partial charge in [-0.05, 0) is 38.3 Å². The van der Waals surface area contributed by atoms with E-state index in [0.717, 1.165) is 39.0 Å². The second kappa shape index (κ2) is 6.45. The quantitative estimate of drug-likeness (QED) is 0.651. The lowest BCUT2D eigenvalue weighted by Crippen LogP contribution is -2.24. The van der Waals surface area contributed by atoms with Gasteiger partial charge in [0.25, 0.3) is 0 Å². The molecule has 1 fully saturated rings. The summed E-state index contributed by atoms with van der Waals surface area (Å²) in [7, 11) is -1.00. The number of hydrogen-bond acceptors (Lipinski definition) is 4. The summed E-state index contributed by atoms with van der Waals surface area (Å²) in [5.41, 5.74) is 0. The van der Waals surface area contributed by atoms with Crippen LogP contribution in [-0.4, -0.2) is 46.7 Å². The van der Waals surface area contributed by atoms with E-state index < -0.39 is 9.84 Å². The number of nitrogens with one attached hydrogen (secondary N) is 1.